The fourth-order valence-electron chi connectivity index (χ4n) is 2.34. The van der Waals surface area contributed by atoms with E-state index in [-0.39, 0.29) is 12.2 Å². The first-order valence-corrected chi connectivity index (χ1v) is 6.62. The summed E-state index contributed by atoms with van der Waals surface area (Å²) in [6.07, 6.45) is -0.424. The molecule has 20 heavy (non-hydrogen) atoms. The van der Waals surface area contributed by atoms with E-state index in [0.717, 1.165) is 0 Å². The maximum absolute atomic E-state index is 12.2. The Morgan fingerprint density at radius 1 is 1.10 bits per heavy atom. The maximum atomic E-state index is 12.2. The van der Waals surface area contributed by atoms with Gasteiger partial charge in [-0.2, -0.15) is 0 Å². The Labute approximate surface area is 121 Å². The molecule has 0 fully saturated rings. The number of benzene rings is 2. The second kappa shape index (κ2) is 5.10. The molecule has 3 rings (SSSR count). The zero-order chi connectivity index (χ0) is 14.1. The smallest absolute Gasteiger partial charge is 0.340 e. The molecule has 3 nitrogen and oxygen atoms in total. The SMILES string of the molecule is O=C(CC1OC(=O)c2c(Cl)cccc21)c1ccccc1. The van der Waals surface area contributed by atoms with Crippen molar-refractivity contribution in [1.82, 2.24) is 0 Å². The summed E-state index contributed by atoms with van der Waals surface area (Å²) in [7, 11) is 0. The summed E-state index contributed by atoms with van der Waals surface area (Å²) in [6.45, 7) is 0. The molecule has 1 aliphatic heterocycles. The van der Waals surface area contributed by atoms with Crippen molar-refractivity contribution in [2.24, 2.45) is 0 Å². The number of hydrogen-bond acceptors (Lipinski definition) is 3. The van der Waals surface area contributed by atoms with Gasteiger partial charge in [0.25, 0.3) is 0 Å². The molecule has 0 amide bonds. The van der Waals surface area contributed by atoms with E-state index in [1.54, 1.807) is 42.5 Å². The molecule has 0 N–H and O–H groups in total. The normalized spacial score (nSPS) is 16.6. The van der Waals surface area contributed by atoms with Gasteiger partial charge in [0.15, 0.2) is 5.78 Å². The van der Waals surface area contributed by atoms with Gasteiger partial charge in [-0.05, 0) is 6.07 Å². The van der Waals surface area contributed by atoms with Crippen molar-refractivity contribution < 1.29 is 14.3 Å². The number of cyclic esters (lactones) is 1. The third-order valence-electron chi connectivity index (χ3n) is 3.31. The molecule has 0 aromatic heterocycles. The van der Waals surface area contributed by atoms with Gasteiger partial charge in [-0.1, -0.05) is 54.1 Å². The Bertz CT molecular complexity index is 679. The van der Waals surface area contributed by atoms with E-state index in [9.17, 15) is 9.59 Å². The minimum Gasteiger partial charge on any atom is -0.453 e. The number of fused-ring (bicyclic) bond motifs is 1. The van der Waals surface area contributed by atoms with Crippen LogP contribution in [0.15, 0.2) is 48.5 Å². The van der Waals surface area contributed by atoms with Crippen molar-refractivity contribution in [3.63, 3.8) is 0 Å². The summed E-state index contributed by atoms with van der Waals surface area (Å²) < 4.78 is 5.26. The molecule has 100 valence electrons. The van der Waals surface area contributed by atoms with Crippen molar-refractivity contribution in [3.05, 3.63) is 70.2 Å². The molecule has 1 heterocycles. The van der Waals surface area contributed by atoms with Crippen LogP contribution < -0.4 is 0 Å². The Hall–Kier alpha value is -2.13. The van der Waals surface area contributed by atoms with Crippen LogP contribution >= 0.6 is 11.6 Å². The van der Waals surface area contributed by atoms with Gasteiger partial charge in [-0.25, -0.2) is 4.79 Å². The highest BCUT2D eigenvalue weighted by Crippen LogP contribution is 2.37. The van der Waals surface area contributed by atoms with Crippen LogP contribution in [-0.4, -0.2) is 11.8 Å². The van der Waals surface area contributed by atoms with Crippen LogP contribution in [0.2, 0.25) is 5.02 Å². The Morgan fingerprint density at radius 3 is 2.60 bits per heavy atom. The second-order valence-electron chi connectivity index (χ2n) is 4.59. The van der Waals surface area contributed by atoms with E-state index in [1.807, 2.05) is 6.07 Å². The molecule has 1 atom stereocenters. The summed E-state index contributed by atoms with van der Waals surface area (Å²) in [6, 6.07) is 14.1. The molecule has 4 heteroatoms. The van der Waals surface area contributed by atoms with E-state index in [1.165, 1.54) is 0 Å². The maximum Gasteiger partial charge on any atom is 0.340 e. The molecule has 0 spiro atoms. The predicted molar refractivity (Wildman–Crippen MR) is 75.0 cm³/mol. The van der Waals surface area contributed by atoms with Gasteiger partial charge < -0.3 is 4.74 Å². The van der Waals surface area contributed by atoms with Crippen LogP contribution in [0.25, 0.3) is 0 Å². The number of ether oxygens (including phenoxy) is 1. The monoisotopic (exact) mass is 286 g/mol. The largest absolute Gasteiger partial charge is 0.453 e. The van der Waals surface area contributed by atoms with Gasteiger partial charge in [0, 0.05) is 11.1 Å². The third kappa shape index (κ3) is 2.21. The number of rotatable bonds is 3. The van der Waals surface area contributed by atoms with Gasteiger partial charge in [0.1, 0.15) is 6.10 Å². The summed E-state index contributed by atoms with van der Waals surface area (Å²) >= 11 is 6.00. The Morgan fingerprint density at radius 2 is 1.85 bits per heavy atom. The molecule has 2 aromatic rings. The average molecular weight is 287 g/mol. The van der Waals surface area contributed by atoms with Crippen LogP contribution in [-0.2, 0) is 4.74 Å². The number of esters is 1. The van der Waals surface area contributed by atoms with Gasteiger partial charge in [-0.15, -0.1) is 0 Å². The molecular weight excluding hydrogens is 276 g/mol. The fraction of sp³-hybridized carbons (Fsp3) is 0.125. The molecule has 0 aliphatic carbocycles. The molecule has 0 bridgehead atoms. The van der Waals surface area contributed by atoms with Crippen LogP contribution in [0, 0.1) is 0 Å². The van der Waals surface area contributed by atoms with Gasteiger partial charge in [0.05, 0.1) is 17.0 Å². The average Bonchev–Trinajstić information content (AvgIpc) is 2.77. The lowest BCUT2D eigenvalue weighted by atomic mass is 9.98. The number of carbonyl (C=O) groups excluding carboxylic acids is 2. The van der Waals surface area contributed by atoms with Crippen LogP contribution in [0.1, 0.15) is 38.8 Å². The molecule has 0 radical (unpaired) electrons. The summed E-state index contributed by atoms with van der Waals surface area (Å²) in [5, 5.41) is 0.363. The Balaban J connectivity index is 1.86. The highest BCUT2D eigenvalue weighted by atomic mass is 35.5. The first kappa shape index (κ1) is 12.9. The minimum absolute atomic E-state index is 0.0591. The lowest BCUT2D eigenvalue weighted by Crippen LogP contribution is -2.07. The second-order valence-corrected chi connectivity index (χ2v) is 5.00. The topological polar surface area (TPSA) is 43.4 Å². The van der Waals surface area contributed by atoms with Gasteiger partial charge in [0.2, 0.25) is 0 Å². The van der Waals surface area contributed by atoms with E-state index >= 15 is 0 Å². The quantitative estimate of drug-likeness (QED) is 0.636. The van der Waals surface area contributed by atoms with Crippen molar-refractivity contribution in [1.29, 1.82) is 0 Å². The lowest BCUT2D eigenvalue weighted by molar-refractivity contribution is 0.0367. The summed E-state index contributed by atoms with van der Waals surface area (Å²) in [4.78, 5) is 24.0. The van der Waals surface area contributed by atoms with Crippen molar-refractivity contribution in [2.45, 2.75) is 12.5 Å². The lowest BCUT2D eigenvalue weighted by Gasteiger charge is -2.09. The number of carbonyl (C=O) groups is 2. The molecule has 0 saturated carbocycles. The fourth-order valence-corrected chi connectivity index (χ4v) is 2.60. The number of halogens is 1. The summed E-state index contributed by atoms with van der Waals surface area (Å²) in [5.74, 6) is -0.521. The molecule has 1 aliphatic rings. The molecular formula is C16H11ClO3. The zero-order valence-electron chi connectivity index (χ0n) is 10.5. The predicted octanol–water partition coefficient (Wildman–Crippen LogP) is 3.82. The van der Waals surface area contributed by atoms with Crippen molar-refractivity contribution in [2.75, 3.05) is 0 Å². The highest BCUT2D eigenvalue weighted by Gasteiger charge is 2.34. The van der Waals surface area contributed by atoms with E-state index in [4.69, 9.17) is 16.3 Å². The van der Waals surface area contributed by atoms with Gasteiger partial charge >= 0.3 is 5.97 Å². The van der Waals surface area contributed by atoms with E-state index in [0.29, 0.717) is 21.7 Å². The number of ketones is 1. The minimum atomic E-state index is -0.552. The van der Waals surface area contributed by atoms with Crippen LogP contribution in [0.4, 0.5) is 0 Å². The van der Waals surface area contributed by atoms with E-state index in [2.05, 4.69) is 0 Å². The standard InChI is InChI=1S/C16H11ClO3/c17-12-8-4-7-11-14(20-16(19)15(11)12)9-13(18)10-5-2-1-3-6-10/h1-8,14H,9H2. The first-order valence-electron chi connectivity index (χ1n) is 6.24. The third-order valence-corrected chi connectivity index (χ3v) is 3.63. The first-order chi connectivity index (χ1) is 9.66. The van der Waals surface area contributed by atoms with E-state index < -0.39 is 12.1 Å². The number of hydrogen-bond donors (Lipinski definition) is 0. The zero-order valence-corrected chi connectivity index (χ0v) is 11.3. The van der Waals surface area contributed by atoms with Crippen molar-refractivity contribution in [3.8, 4) is 0 Å². The highest BCUT2D eigenvalue weighted by molar-refractivity contribution is 6.34. The Kier molecular flexibility index (Phi) is 3.28. The molecule has 2 aromatic carbocycles. The number of Topliss-reactive ketones (excluding diaryl/α,β-unsaturated/α-hetero) is 1. The summed E-state index contributed by atoms with van der Waals surface area (Å²) in [5.41, 5.74) is 1.67. The molecule has 1 unspecified atom stereocenters. The van der Waals surface area contributed by atoms with Gasteiger partial charge in [-0.3, -0.25) is 4.79 Å². The van der Waals surface area contributed by atoms with Crippen LogP contribution in [0.3, 0.4) is 0 Å². The van der Waals surface area contributed by atoms with Crippen LogP contribution in [0.5, 0.6) is 0 Å². The van der Waals surface area contributed by atoms with Crippen molar-refractivity contribution >= 4 is 23.4 Å². The molecule has 0 saturated heterocycles.